The number of fused-ring (bicyclic) bond motifs is 3. The first kappa shape index (κ1) is 36.3. The number of thiophene rings is 1. The maximum absolute atomic E-state index is 13.7. The third kappa shape index (κ3) is 8.18. The predicted molar refractivity (Wildman–Crippen MR) is 194 cm³/mol. The number of unbranched alkanes of at least 4 members (excludes halogenated alkanes) is 2. The van der Waals surface area contributed by atoms with Crippen LogP contribution in [0.3, 0.4) is 0 Å². The van der Waals surface area contributed by atoms with Crippen molar-refractivity contribution in [3.8, 4) is 16.1 Å². The Kier molecular flexibility index (Phi) is 11.3. The Morgan fingerprint density at radius 3 is 2.60 bits per heavy atom. The number of aromatic nitrogens is 4. The number of carbonyl (C=O) groups excluding carboxylic acids is 5. The molecule has 4 aromatic rings. The number of piperidine rings is 1. The van der Waals surface area contributed by atoms with Crippen LogP contribution >= 0.6 is 22.9 Å². The highest BCUT2D eigenvalue weighted by molar-refractivity contribution is 7.17. The van der Waals surface area contributed by atoms with Crippen molar-refractivity contribution in [2.45, 2.75) is 57.5 Å². The molecule has 3 aromatic heterocycles. The molecular formula is C35H36ClN9O6S. The number of nitrogens with one attached hydrogen (secondary N) is 4. The molecule has 5 heterocycles. The number of hydrogen-bond donors (Lipinski definition) is 4. The number of hydrogen-bond acceptors (Lipinski definition) is 12. The normalized spacial score (nSPS) is 16.3. The fraction of sp³-hybridized carbons (Fsp3) is 0.343. The smallest absolute Gasteiger partial charge is 0.308 e. The monoisotopic (exact) mass is 745 g/mol. The van der Waals surface area contributed by atoms with E-state index in [1.54, 1.807) is 36.5 Å². The minimum Gasteiger partial charge on any atom is -0.469 e. The molecule has 0 bridgehead atoms. The third-order valence-electron chi connectivity index (χ3n) is 8.56. The SMILES string of the molecule is COC(=O)C[C@@H]1N=Cc2c(sc(C(=O)NCCCCCNc3cccc(C(=O)NC4CCC(=O)NC4=O)n3)c2-c2ccc(Cl)cc2)-n2c(C)nnc21. The minimum atomic E-state index is -0.783. The van der Waals surface area contributed by atoms with Gasteiger partial charge >= 0.3 is 5.97 Å². The van der Waals surface area contributed by atoms with Gasteiger partial charge in [-0.25, -0.2) is 4.98 Å². The molecule has 1 aromatic carbocycles. The predicted octanol–water partition coefficient (Wildman–Crippen LogP) is 3.94. The van der Waals surface area contributed by atoms with Crippen LogP contribution in [0.4, 0.5) is 5.82 Å². The van der Waals surface area contributed by atoms with Gasteiger partial charge in [-0.05, 0) is 62.4 Å². The Morgan fingerprint density at radius 2 is 1.83 bits per heavy atom. The Labute approximate surface area is 307 Å². The van der Waals surface area contributed by atoms with E-state index in [9.17, 15) is 24.0 Å². The molecule has 270 valence electrons. The summed E-state index contributed by atoms with van der Waals surface area (Å²) in [5, 5.41) is 21.0. The number of carbonyl (C=O) groups is 5. The van der Waals surface area contributed by atoms with Gasteiger partial charge < -0.3 is 20.7 Å². The van der Waals surface area contributed by atoms with Gasteiger partial charge in [-0.1, -0.05) is 29.8 Å². The number of rotatable bonds is 13. The van der Waals surface area contributed by atoms with Crippen molar-refractivity contribution in [1.29, 1.82) is 0 Å². The number of ether oxygens (including phenoxy) is 1. The number of imide groups is 1. The van der Waals surface area contributed by atoms with Crippen molar-refractivity contribution in [3.63, 3.8) is 0 Å². The van der Waals surface area contributed by atoms with E-state index in [4.69, 9.17) is 21.3 Å². The highest BCUT2D eigenvalue weighted by atomic mass is 35.5. The Balaban J connectivity index is 1.06. The van der Waals surface area contributed by atoms with E-state index in [0.717, 1.165) is 29.8 Å². The van der Waals surface area contributed by atoms with E-state index in [-0.39, 0.29) is 36.8 Å². The van der Waals surface area contributed by atoms with Gasteiger partial charge in [0.1, 0.15) is 39.3 Å². The van der Waals surface area contributed by atoms with Gasteiger partial charge in [-0.3, -0.25) is 38.8 Å². The summed E-state index contributed by atoms with van der Waals surface area (Å²) in [6, 6.07) is 10.9. The van der Waals surface area contributed by atoms with E-state index in [0.29, 0.717) is 51.6 Å². The van der Waals surface area contributed by atoms with E-state index >= 15 is 0 Å². The topological polar surface area (TPSA) is 199 Å². The fourth-order valence-electron chi connectivity index (χ4n) is 5.89. The lowest BCUT2D eigenvalue weighted by Crippen LogP contribution is -2.52. The van der Waals surface area contributed by atoms with Crippen molar-refractivity contribution in [2.75, 3.05) is 25.5 Å². The molecule has 0 spiro atoms. The van der Waals surface area contributed by atoms with Crippen molar-refractivity contribution in [3.05, 3.63) is 75.3 Å². The largest absolute Gasteiger partial charge is 0.469 e. The summed E-state index contributed by atoms with van der Waals surface area (Å²) in [6.07, 6.45) is 4.41. The maximum atomic E-state index is 13.7. The standard InChI is InChI=1S/C35H36ClN9O6S/c1-19-43-44-31-25(17-28(47)51-2)39-18-22-29(20-9-11-21(36)12-10-20)30(52-35(22)45(19)31)34(50)38-16-5-3-4-15-37-26-8-6-7-23(40-26)32(48)41-24-13-14-27(46)42-33(24)49/h6-12,18,24-25H,3-5,13-17H2,1-2H3,(H,37,40)(H,38,50)(H,41,48)(H,42,46,49)/t24?,25-/m0/s1. The number of nitrogens with zero attached hydrogens (tertiary/aromatic N) is 5. The quantitative estimate of drug-likeness (QED) is 0.0884. The average Bonchev–Trinajstić information content (AvgIpc) is 3.66. The van der Waals surface area contributed by atoms with Crippen LogP contribution in [0.2, 0.25) is 5.02 Å². The van der Waals surface area contributed by atoms with Crippen LogP contribution in [0.5, 0.6) is 0 Å². The summed E-state index contributed by atoms with van der Waals surface area (Å²) in [7, 11) is 1.33. The fourth-order valence-corrected chi connectivity index (χ4v) is 7.29. The molecule has 0 saturated carbocycles. The molecule has 1 saturated heterocycles. The van der Waals surface area contributed by atoms with Gasteiger partial charge in [0.15, 0.2) is 5.82 Å². The second-order valence-corrected chi connectivity index (χ2v) is 13.6. The summed E-state index contributed by atoms with van der Waals surface area (Å²) in [5.74, 6) is -0.433. The zero-order valence-electron chi connectivity index (χ0n) is 28.4. The zero-order chi connectivity index (χ0) is 36.8. The van der Waals surface area contributed by atoms with Gasteiger partial charge in [0.05, 0.1) is 13.5 Å². The van der Waals surface area contributed by atoms with Gasteiger partial charge in [-0.15, -0.1) is 21.5 Å². The number of aryl methyl sites for hydroxylation is 1. The molecule has 15 nitrogen and oxygen atoms in total. The number of pyridine rings is 1. The van der Waals surface area contributed by atoms with E-state index in [2.05, 4.69) is 36.4 Å². The van der Waals surface area contributed by atoms with E-state index in [1.807, 2.05) is 23.6 Å². The summed E-state index contributed by atoms with van der Waals surface area (Å²) >= 11 is 7.51. The highest BCUT2D eigenvalue weighted by Crippen LogP contribution is 2.42. The summed E-state index contributed by atoms with van der Waals surface area (Å²) in [4.78, 5) is 71.5. The van der Waals surface area contributed by atoms with Crippen molar-refractivity contribution < 1.29 is 28.7 Å². The summed E-state index contributed by atoms with van der Waals surface area (Å²) in [6.45, 7) is 2.85. The summed E-state index contributed by atoms with van der Waals surface area (Å²) < 4.78 is 6.73. The van der Waals surface area contributed by atoms with E-state index in [1.165, 1.54) is 18.4 Å². The number of benzene rings is 1. The van der Waals surface area contributed by atoms with Crippen LogP contribution in [0.25, 0.3) is 16.1 Å². The highest BCUT2D eigenvalue weighted by Gasteiger charge is 2.32. The third-order valence-corrected chi connectivity index (χ3v) is 10.00. The van der Waals surface area contributed by atoms with Crippen LogP contribution in [-0.2, 0) is 19.1 Å². The Bertz CT molecular complexity index is 2040. The molecule has 2 aliphatic heterocycles. The average molecular weight is 746 g/mol. The molecule has 2 atom stereocenters. The Morgan fingerprint density at radius 1 is 1.04 bits per heavy atom. The van der Waals surface area contributed by atoms with Crippen molar-refractivity contribution in [1.82, 2.24) is 35.7 Å². The molecule has 2 aliphatic rings. The molecule has 1 fully saturated rings. The van der Waals surface area contributed by atoms with Gasteiger partial charge in [0.25, 0.3) is 11.8 Å². The van der Waals surface area contributed by atoms with Crippen molar-refractivity contribution in [2.24, 2.45) is 4.99 Å². The van der Waals surface area contributed by atoms with Crippen LogP contribution < -0.4 is 21.3 Å². The van der Waals surface area contributed by atoms with Gasteiger partial charge in [0, 0.05) is 41.9 Å². The van der Waals surface area contributed by atoms with Crippen LogP contribution in [0.1, 0.15) is 81.9 Å². The van der Waals surface area contributed by atoms with Gasteiger partial charge in [-0.2, -0.15) is 0 Å². The second-order valence-electron chi connectivity index (χ2n) is 12.2. The number of halogens is 1. The van der Waals surface area contributed by atoms with Crippen LogP contribution in [0.15, 0.2) is 47.5 Å². The molecule has 52 heavy (non-hydrogen) atoms. The Hall–Kier alpha value is -5.48. The molecule has 0 radical (unpaired) electrons. The molecule has 0 aliphatic carbocycles. The number of esters is 1. The number of aliphatic imine (C=N–C) groups is 1. The number of amides is 4. The van der Waals surface area contributed by atoms with Crippen LogP contribution in [-0.4, -0.2) is 81.8 Å². The summed E-state index contributed by atoms with van der Waals surface area (Å²) in [5.41, 5.74) is 2.35. The molecule has 1 unspecified atom stereocenters. The minimum absolute atomic E-state index is 0.00818. The number of anilines is 1. The first-order valence-corrected chi connectivity index (χ1v) is 17.9. The maximum Gasteiger partial charge on any atom is 0.308 e. The zero-order valence-corrected chi connectivity index (χ0v) is 30.0. The lowest BCUT2D eigenvalue weighted by Gasteiger charge is -2.21. The molecule has 4 amide bonds. The van der Waals surface area contributed by atoms with Gasteiger partial charge in [0.2, 0.25) is 11.8 Å². The molecular weight excluding hydrogens is 710 g/mol. The number of methoxy groups -OCH3 is 1. The molecule has 4 N–H and O–H groups in total. The molecule has 17 heteroatoms. The van der Waals surface area contributed by atoms with E-state index < -0.39 is 29.9 Å². The van der Waals surface area contributed by atoms with Crippen molar-refractivity contribution >= 4 is 64.6 Å². The second kappa shape index (κ2) is 16.2. The lowest BCUT2D eigenvalue weighted by atomic mass is 10.0. The first-order chi connectivity index (χ1) is 25.1. The molecule has 6 rings (SSSR count). The first-order valence-electron chi connectivity index (χ1n) is 16.7. The van der Waals surface area contributed by atoms with Crippen LogP contribution in [0, 0.1) is 6.92 Å². The lowest BCUT2D eigenvalue weighted by molar-refractivity contribution is -0.141.